The predicted octanol–water partition coefficient (Wildman–Crippen LogP) is 1.66. The third kappa shape index (κ3) is 3.70. The molecule has 0 radical (unpaired) electrons. The van der Waals surface area contributed by atoms with Gasteiger partial charge in [-0.25, -0.2) is 0 Å². The van der Waals surface area contributed by atoms with Crippen molar-refractivity contribution >= 4 is 16.8 Å². The summed E-state index contributed by atoms with van der Waals surface area (Å²) in [5.41, 5.74) is 0.546. The number of aliphatic hydroxyl groups is 1. The maximum Gasteiger partial charge on any atom is 0.256 e. The Kier molecular flexibility index (Phi) is 4.75. The van der Waals surface area contributed by atoms with Gasteiger partial charge in [0.2, 0.25) is 5.43 Å². The molecule has 1 heterocycles. The molecule has 0 spiro atoms. The molecule has 2 unspecified atom stereocenters. The molecule has 2 rings (SSSR count). The number of nitrogens with one attached hydrogen (secondary N) is 2. The van der Waals surface area contributed by atoms with Gasteiger partial charge in [0, 0.05) is 23.6 Å². The first-order valence-electron chi connectivity index (χ1n) is 7.05. The standard InChI is InChI=1S/C16H20N2O3/c1-10(7-11(2)19)8-18-16(21)13-9-17-14-6-4-3-5-12(14)15(13)20/h3-6,9-11,19H,7-8H2,1-2H3,(H,17,20)(H,18,21). The molecule has 5 nitrogen and oxygen atoms in total. The fraction of sp³-hybridized carbons (Fsp3) is 0.375. The van der Waals surface area contributed by atoms with Crippen LogP contribution in [0.4, 0.5) is 0 Å². The second-order valence-corrected chi connectivity index (χ2v) is 5.48. The number of carbonyl (C=O) groups excluding carboxylic acids is 1. The lowest BCUT2D eigenvalue weighted by Crippen LogP contribution is -2.32. The largest absolute Gasteiger partial charge is 0.393 e. The highest BCUT2D eigenvalue weighted by molar-refractivity contribution is 5.97. The molecule has 2 atom stereocenters. The van der Waals surface area contributed by atoms with Crippen LogP contribution >= 0.6 is 0 Å². The van der Waals surface area contributed by atoms with Crippen molar-refractivity contribution in [3.8, 4) is 0 Å². The SMILES string of the molecule is CC(O)CC(C)CNC(=O)c1c[nH]c2ccccc2c1=O. The van der Waals surface area contributed by atoms with Crippen molar-refractivity contribution in [1.29, 1.82) is 0 Å². The van der Waals surface area contributed by atoms with Gasteiger partial charge in [0.25, 0.3) is 5.91 Å². The third-order valence-electron chi connectivity index (χ3n) is 3.39. The monoisotopic (exact) mass is 288 g/mol. The Morgan fingerprint density at radius 2 is 2.05 bits per heavy atom. The van der Waals surface area contributed by atoms with Crippen LogP contribution in [0.5, 0.6) is 0 Å². The van der Waals surface area contributed by atoms with E-state index in [0.717, 1.165) is 0 Å². The molecule has 0 saturated heterocycles. The average molecular weight is 288 g/mol. The van der Waals surface area contributed by atoms with Crippen LogP contribution in [0.1, 0.15) is 30.6 Å². The normalized spacial score (nSPS) is 13.9. The number of hydrogen-bond acceptors (Lipinski definition) is 3. The molecule has 2 aromatic rings. The van der Waals surface area contributed by atoms with E-state index in [4.69, 9.17) is 0 Å². The van der Waals surface area contributed by atoms with Crippen molar-refractivity contribution in [2.45, 2.75) is 26.4 Å². The smallest absolute Gasteiger partial charge is 0.256 e. The van der Waals surface area contributed by atoms with Crippen molar-refractivity contribution in [2.75, 3.05) is 6.54 Å². The number of aromatic nitrogens is 1. The van der Waals surface area contributed by atoms with Crippen LogP contribution in [-0.4, -0.2) is 28.6 Å². The van der Waals surface area contributed by atoms with Crippen LogP contribution in [0.2, 0.25) is 0 Å². The zero-order valence-corrected chi connectivity index (χ0v) is 12.2. The Morgan fingerprint density at radius 3 is 2.76 bits per heavy atom. The van der Waals surface area contributed by atoms with E-state index in [2.05, 4.69) is 10.3 Å². The minimum absolute atomic E-state index is 0.109. The molecule has 0 aliphatic rings. The summed E-state index contributed by atoms with van der Waals surface area (Å²) in [6.07, 6.45) is 1.65. The number of amides is 1. The Hall–Kier alpha value is -2.14. The molecule has 112 valence electrons. The Bertz CT molecular complexity index is 691. The van der Waals surface area contributed by atoms with E-state index in [0.29, 0.717) is 23.9 Å². The number of aromatic amines is 1. The Labute approximate surface area is 123 Å². The zero-order chi connectivity index (χ0) is 15.4. The first kappa shape index (κ1) is 15.3. The summed E-state index contributed by atoms with van der Waals surface area (Å²) in [7, 11) is 0. The highest BCUT2D eigenvalue weighted by Gasteiger charge is 2.14. The lowest BCUT2D eigenvalue weighted by Gasteiger charge is -2.14. The molecule has 0 saturated carbocycles. The number of hydrogen-bond donors (Lipinski definition) is 3. The maximum atomic E-state index is 12.3. The molecule has 1 amide bonds. The van der Waals surface area contributed by atoms with Crippen LogP contribution in [0, 0.1) is 5.92 Å². The van der Waals surface area contributed by atoms with Gasteiger partial charge >= 0.3 is 0 Å². The second kappa shape index (κ2) is 6.54. The van der Waals surface area contributed by atoms with Crippen LogP contribution in [0.25, 0.3) is 10.9 Å². The van der Waals surface area contributed by atoms with E-state index in [-0.39, 0.29) is 22.8 Å². The third-order valence-corrected chi connectivity index (χ3v) is 3.39. The van der Waals surface area contributed by atoms with E-state index in [1.165, 1.54) is 6.20 Å². The fourth-order valence-electron chi connectivity index (χ4n) is 2.36. The quantitative estimate of drug-likeness (QED) is 0.782. The second-order valence-electron chi connectivity index (χ2n) is 5.48. The Balaban J connectivity index is 2.13. The first-order valence-corrected chi connectivity index (χ1v) is 7.05. The summed E-state index contributed by atoms with van der Waals surface area (Å²) < 4.78 is 0. The summed E-state index contributed by atoms with van der Waals surface area (Å²) in [6.45, 7) is 4.08. The minimum atomic E-state index is -0.402. The highest BCUT2D eigenvalue weighted by Crippen LogP contribution is 2.08. The fourth-order valence-corrected chi connectivity index (χ4v) is 2.36. The van der Waals surface area contributed by atoms with Gasteiger partial charge in [0.05, 0.1) is 6.10 Å². The van der Waals surface area contributed by atoms with Crippen molar-refractivity contribution in [3.63, 3.8) is 0 Å². The molecular formula is C16H20N2O3. The number of H-pyrrole nitrogens is 1. The van der Waals surface area contributed by atoms with Crippen molar-refractivity contribution in [1.82, 2.24) is 10.3 Å². The summed E-state index contributed by atoms with van der Waals surface area (Å²) in [5, 5.41) is 12.5. The van der Waals surface area contributed by atoms with Crippen LogP contribution in [-0.2, 0) is 0 Å². The van der Waals surface area contributed by atoms with Gasteiger partial charge in [-0.2, -0.15) is 0 Å². The zero-order valence-electron chi connectivity index (χ0n) is 12.2. The highest BCUT2D eigenvalue weighted by atomic mass is 16.3. The number of fused-ring (bicyclic) bond motifs is 1. The number of benzene rings is 1. The van der Waals surface area contributed by atoms with Gasteiger partial charge < -0.3 is 15.4 Å². The molecule has 21 heavy (non-hydrogen) atoms. The lowest BCUT2D eigenvalue weighted by atomic mass is 10.0. The molecule has 0 bridgehead atoms. The predicted molar refractivity (Wildman–Crippen MR) is 82.4 cm³/mol. The van der Waals surface area contributed by atoms with E-state index in [9.17, 15) is 14.7 Å². The van der Waals surface area contributed by atoms with Gasteiger partial charge in [-0.05, 0) is 31.4 Å². The van der Waals surface area contributed by atoms with E-state index in [1.807, 2.05) is 13.0 Å². The van der Waals surface area contributed by atoms with Gasteiger partial charge in [-0.3, -0.25) is 9.59 Å². The van der Waals surface area contributed by atoms with E-state index in [1.54, 1.807) is 25.1 Å². The number of rotatable bonds is 5. The van der Waals surface area contributed by atoms with Gasteiger partial charge in [0.1, 0.15) is 5.56 Å². The topological polar surface area (TPSA) is 82.2 Å². The molecule has 0 aliphatic carbocycles. The van der Waals surface area contributed by atoms with Crippen LogP contribution in [0.3, 0.4) is 0 Å². The number of pyridine rings is 1. The van der Waals surface area contributed by atoms with Gasteiger partial charge in [-0.1, -0.05) is 19.1 Å². The molecule has 1 aromatic carbocycles. The van der Waals surface area contributed by atoms with E-state index < -0.39 is 6.10 Å². The number of carbonyl (C=O) groups is 1. The molecule has 0 aliphatic heterocycles. The number of para-hydroxylation sites is 1. The minimum Gasteiger partial charge on any atom is -0.393 e. The summed E-state index contributed by atoms with van der Waals surface area (Å²) >= 11 is 0. The van der Waals surface area contributed by atoms with E-state index >= 15 is 0 Å². The molecule has 0 fully saturated rings. The number of aliphatic hydroxyl groups excluding tert-OH is 1. The summed E-state index contributed by atoms with van der Waals surface area (Å²) in [5.74, 6) is -0.243. The molecule has 1 aromatic heterocycles. The maximum absolute atomic E-state index is 12.3. The van der Waals surface area contributed by atoms with Crippen LogP contribution < -0.4 is 10.7 Å². The Morgan fingerprint density at radius 1 is 1.33 bits per heavy atom. The lowest BCUT2D eigenvalue weighted by molar-refractivity contribution is 0.0938. The van der Waals surface area contributed by atoms with Gasteiger partial charge in [0.15, 0.2) is 0 Å². The molecule has 5 heteroatoms. The van der Waals surface area contributed by atoms with Crippen molar-refractivity contribution < 1.29 is 9.90 Å². The average Bonchev–Trinajstić information content (AvgIpc) is 2.45. The van der Waals surface area contributed by atoms with Crippen molar-refractivity contribution in [3.05, 3.63) is 46.2 Å². The van der Waals surface area contributed by atoms with Crippen LogP contribution in [0.15, 0.2) is 35.3 Å². The first-order chi connectivity index (χ1) is 9.99. The summed E-state index contributed by atoms with van der Waals surface area (Å²) in [4.78, 5) is 27.3. The molecular weight excluding hydrogens is 268 g/mol. The summed E-state index contributed by atoms with van der Waals surface area (Å²) in [6, 6.07) is 7.09. The van der Waals surface area contributed by atoms with Gasteiger partial charge in [-0.15, -0.1) is 0 Å². The molecule has 3 N–H and O–H groups in total. The van der Waals surface area contributed by atoms with Crippen molar-refractivity contribution in [2.24, 2.45) is 5.92 Å².